The van der Waals surface area contributed by atoms with Crippen LogP contribution in [0.2, 0.25) is 0 Å². The Morgan fingerprint density at radius 2 is 2.24 bits per heavy atom. The number of aryl methyl sites for hydroxylation is 1. The minimum atomic E-state index is -4.74. The standard InChI is InChI=1S/C13H18F3N3O2/c1-2-6-19-10(3-5-17-19)8-18-7-4-12(9-18,11(20)21)13(14,15)16/h3,5H,2,4,6-9H2,1H3,(H,20,21). The molecule has 0 saturated carbocycles. The number of carboxylic acid groups (broad SMARTS) is 1. The Bertz CT molecular complexity index is 515. The van der Waals surface area contributed by atoms with E-state index in [1.807, 2.05) is 6.92 Å². The molecule has 0 spiro atoms. The Morgan fingerprint density at radius 1 is 1.52 bits per heavy atom. The van der Waals surface area contributed by atoms with Gasteiger partial charge in [0.2, 0.25) is 0 Å². The summed E-state index contributed by atoms with van der Waals surface area (Å²) < 4.78 is 41.0. The van der Waals surface area contributed by atoms with Gasteiger partial charge in [-0.2, -0.15) is 18.3 Å². The number of halogens is 3. The summed E-state index contributed by atoms with van der Waals surface area (Å²) >= 11 is 0. The van der Waals surface area contributed by atoms with Crippen LogP contribution in [0.15, 0.2) is 12.3 Å². The second-order valence-electron chi connectivity index (χ2n) is 5.39. The van der Waals surface area contributed by atoms with Gasteiger partial charge in [-0.3, -0.25) is 14.4 Å². The van der Waals surface area contributed by atoms with Gasteiger partial charge in [-0.1, -0.05) is 6.92 Å². The molecule has 1 atom stereocenters. The number of carbonyl (C=O) groups is 1. The van der Waals surface area contributed by atoms with E-state index in [9.17, 15) is 18.0 Å². The van der Waals surface area contributed by atoms with Crippen molar-refractivity contribution in [3.63, 3.8) is 0 Å². The predicted octanol–water partition coefficient (Wildman–Crippen LogP) is 2.13. The van der Waals surface area contributed by atoms with Crippen molar-refractivity contribution < 1.29 is 23.1 Å². The summed E-state index contributed by atoms with van der Waals surface area (Å²) in [7, 11) is 0. The molecule has 1 N–H and O–H groups in total. The summed E-state index contributed by atoms with van der Waals surface area (Å²) in [6.07, 6.45) is -2.67. The maximum Gasteiger partial charge on any atom is 0.406 e. The molecule has 118 valence electrons. The Kier molecular flexibility index (Phi) is 4.27. The highest BCUT2D eigenvalue weighted by Crippen LogP contribution is 2.45. The summed E-state index contributed by atoms with van der Waals surface area (Å²) in [4.78, 5) is 12.7. The number of hydrogen-bond acceptors (Lipinski definition) is 3. The zero-order valence-electron chi connectivity index (χ0n) is 11.7. The molecule has 2 rings (SSSR count). The molecular weight excluding hydrogens is 287 g/mol. The summed E-state index contributed by atoms with van der Waals surface area (Å²) in [5.74, 6) is -1.79. The van der Waals surface area contributed by atoms with Crippen LogP contribution in [0.25, 0.3) is 0 Å². The highest BCUT2D eigenvalue weighted by atomic mass is 19.4. The molecule has 0 amide bonds. The van der Waals surface area contributed by atoms with Crippen LogP contribution in [0, 0.1) is 5.41 Å². The first-order valence-corrected chi connectivity index (χ1v) is 6.83. The van der Waals surface area contributed by atoms with E-state index < -0.39 is 30.5 Å². The lowest BCUT2D eigenvalue weighted by Crippen LogP contribution is -2.47. The topological polar surface area (TPSA) is 58.4 Å². The molecule has 1 aromatic rings. The van der Waals surface area contributed by atoms with Crippen molar-refractivity contribution in [2.45, 2.75) is 39.0 Å². The average molecular weight is 305 g/mol. The third-order valence-electron chi connectivity index (χ3n) is 3.93. The number of carboxylic acids is 1. The Labute approximate surface area is 120 Å². The predicted molar refractivity (Wildman–Crippen MR) is 68.5 cm³/mol. The van der Waals surface area contributed by atoms with Crippen LogP contribution in [-0.2, 0) is 17.9 Å². The number of alkyl halides is 3. The monoisotopic (exact) mass is 305 g/mol. The van der Waals surface area contributed by atoms with Crippen molar-refractivity contribution >= 4 is 5.97 Å². The number of aromatic nitrogens is 2. The van der Waals surface area contributed by atoms with E-state index in [0.717, 1.165) is 12.1 Å². The van der Waals surface area contributed by atoms with Gasteiger partial charge >= 0.3 is 12.1 Å². The molecule has 0 aromatic carbocycles. The van der Waals surface area contributed by atoms with Gasteiger partial charge in [0.15, 0.2) is 5.41 Å². The van der Waals surface area contributed by atoms with E-state index in [0.29, 0.717) is 6.54 Å². The molecule has 0 aliphatic carbocycles. The van der Waals surface area contributed by atoms with Crippen LogP contribution in [0.3, 0.4) is 0 Å². The van der Waals surface area contributed by atoms with Gasteiger partial charge < -0.3 is 5.11 Å². The van der Waals surface area contributed by atoms with Gasteiger partial charge in [-0.05, 0) is 18.9 Å². The first kappa shape index (κ1) is 15.8. The summed E-state index contributed by atoms with van der Waals surface area (Å²) in [5.41, 5.74) is -1.84. The molecule has 1 fully saturated rings. The number of aliphatic carboxylic acids is 1. The van der Waals surface area contributed by atoms with Crippen LogP contribution >= 0.6 is 0 Å². The minimum absolute atomic E-state index is 0.114. The molecular formula is C13H18F3N3O2. The van der Waals surface area contributed by atoms with Gasteiger partial charge in [0.05, 0.1) is 5.69 Å². The number of nitrogens with zero attached hydrogens (tertiary/aromatic N) is 3. The second kappa shape index (κ2) is 5.67. The van der Waals surface area contributed by atoms with Crippen LogP contribution in [0.4, 0.5) is 13.2 Å². The van der Waals surface area contributed by atoms with E-state index in [1.54, 1.807) is 16.9 Å². The molecule has 2 heterocycles. The fourth-order valence-electron chi connectivity index (χ4n) is 2.69. The highest BCUT2D eigenvalue weighted by Gasteiger charge is 2.63. The molecule has 21 heavy (non-hydrogen) atoms. The third-order valence-corrected chi connectivity index (χ3v) is 3.93. The summed E-state index contributed by atoms with van der Waals surface area (Å²) in [6, 6.07) is 1.75. The van der Waals surface area contributed by atoms with Crippen molar-refractivity contribution in [2.75, 3.05) is 13.1 Å². The molecule has 1 aliphatic heterocycles. The lowest BCUT2D eigenvalue weighted by Gasteiger charge is -2.27. The zero-order chi connectivity index (χ0) is 15.7. The molecule has 0 radical (unpaired) electrons. The van der Waals surface area contributed by atoms with Crippen LogP contribution in [-0.4, -0.2) is 45.0 Å². The maximum atomic E-state index is 13.1. The molecule has 5 nitrogen and oxygen atoms in total. The third kappa shape index (κ3) is 2.90. The largest absolute Gasteiger partial charge is 0.481 e. The zero-order valence-corrected chi connectivity index (χ0v) is 11.7. The fourth-order valence-corrected chi connectivity index (χ4v) is 2.69. The summed E-state index contributed by atoms with van der Waals surface area (Å²) in [5, 5.41) is 13.1. The molecule has 1 aliphatic rings. The Balaban J connectivity index is 2.11. The molecule has 1 saturated heterocycles. The van der Waals surface area contributed by atoms with Gasteiger partial charge in [-0.15, -0.1) is 0 Å². The van der Waals surface area contributed by atoms with Crippen molar-refractivity contribution in [1.82, 2.24) is 14.7 Å². The van der Waals surface area contributed by atoms with Gasteiger partial charge in [0.1, 0.15) is 0 Å². The van der Waals surface area contributed by atoms with Gasteiger partial charge in [0.25, 0.3) is 0 Å². The lowest BCUT2D eigenvalue weighted by atomic mass is 9.86. The quantitative estimate of drug-likeness (QED) is 0.905. The first-order valence-electron chi connectivity index (χ1n) is 6.83. The smallest absolute Gasteiger partial charge is 0.406 e. The van der Waals surface area contributed by atoms with Crippen LogP contribution in [0.5, 0.6) is 0 Å². The van der Waals surface area contributed by atoms with Crippen molar-refractivity contribution in [3.8, 4) is 0 Å². The van der Waals surface area contributed by atoms with Gasteiger partial charge in [-0.25, -0.2) is 0 Å². The van der Waals surface area contributed by atoms with Gasteiger partial charge in [0, 0.05) is 32.4 Å². The normalized spacial score (nSPS) is 23.6. The maximum absolute atomic E-state index is 13.1. The minimum Gasteiger partial charge on any atom is -0.481 e. The molecule has 8 heteroatoms. The van der Waals surface area contributed by atoms with E-state index in [1.165, 1.54) is 4.90 Å². The second-order valence-corrected chi connectivity index (χ2v) is 5.39. The Morgan fingerprint density at radius 3 is 2.76 bits per heavy atom. The summed E-state index contributed by atoms with van der Waals surface area (Å²) in [6.45, 7) is 2.57. The van der Waals surface area contributed by atoms with E-state index in [2.05, 4.69) is 5.10 Å². The van der Waals surface area contributed by atoms with E-state index >= 15 is 0 Å². The fraction of sp³-hybridized carbons (Fsp3) is 0.692. The van der Waals surface area contributed by atoms with E-state index in [4.69, 9.17) is 5.11 Å². The Hall–Kier alpha value is -1.57. The lowest BCUT2D eigenvalue weighted by molar-refractivity contribution is -0.227. The molecule has 1 aromatic heterocycles. The van der Waals surface area contributed by atoms with Crippen molar-refractivity contribution in [3.05, 3.63) is 18.0 Å². The van der Waals surface area contributed by atoms with Crippen molar-refractivity contribution in [1.29, 1.82) is 0 Å². The number of rotatable bonds is 5. The SMILES string of the molecule is CCCn1nccc1CN1CCC(C(=O)O)(C(F)(F)F)C1. The van der Waals surface area contributed by atoms with Crippen molar-refractivity contribution in [2.24, 2.45) is 5.41 Å². The number of hydrogen-bond donors (Lipinski definition) is 1. The van der Waals surface area contributed by atoms with Crippen LogP contribution in [0.1, 0.15) is 25.5 Å². The van der Waals surface area contributed by atoms with E-state index in [-0.39, 0.29) is 13.1 Å². The number of likely N-dealkylation sites (tertiary alicyclic amines) is 1. The van der Waals surface area contributed by atoms with Crippen LogP contribution < -0.4 is 0 Å². The highest BCUT2D eigenvalue weighted by molar-refractivity contribution is 5.76. The molecule has 0 bridgehead atoms. The molecule has 1 unspecified atom stereocenters. The first-order chi connectivity index (χ1) is 9.80. The average Bonchev–Trinajstić information content (AvgIpc) is 2.98.